The number of carbonyl (C=O) groups excluding carboxylic acids is 8. The molecule has 6 aliphatic carbocycles. The Morgan fingerprint density at radius 2 is 1.07 bits per heavy atom. The van der Waals surface area contributed by atoms with E-state index in [0.29, 0.717) is 6.29 Å². The molecule has 6 saturated carbocycles. The lowest BCUT2D eigenvalue weighted by Gasteiger charge is -2.71. The van der Waals surface area contributed by atoms with Gasteiger partial charge in [0.1, 0.15) is 30.7 Å². The molecule has 2 heterocycles. The number of likely N-dealkylation sites (N-methyl/N-ethyl adjacent to an activating group) is 1. The first-order valence-corrected chi connectivity index (χ1v) is 20.1. The van der Waals surface area contributed by atoms with Crippen molar-refractivity contribution in [2.24, 2.45) is 39.9 Å². The normalized spacial score (nSPS) is 39.6. The van der Waals surface area contributed by atoms with Gasteiger partial charge in [0.05, 0.1) is 33.9 Å². The van der Waals surface area contributed by atoms with E-state index < -0.39 is 137 Å². The van der Waals surface area contributed by atoms with Gasteiger partial charge in [0, 0.05) is 63.8 Å². The van der Waals surface area contributed by atoms with Gasteiger partial charge in [-0.1, -0.05) is 43.0 Å². The van der Waals surface area contributed by atoms with Gasteiger partial charge in [-0.25, -0.2) is 9.59 Å². The smallest absolute Gasteiger partial charge is 0.338 e. The SMILES string of the molecule is C=C1[C@H]2[C@@H](OC(=O)c3ccccc3)C3C4N(C)[C@H]5[C@@H](OC(C)=O)[C@@]3(C([C@@H]2OC(C)=O)[C@]42[C@H](OC(C)=O)[C@@H](OC(=O)c3ccccc3)[C@H](OC(C)=O)[C@@](C)(C=O)[C@@H]52)[C@H]1OC(C)=O. The number of ether oxygens (including phenoxy) is 7. The van der Waals surface area contributed by atoms with Crippen molar-refractivity contribution >= 4 is 48.1 Å². The predicted octanol–water partition coefficient (Wildman–Crippen LogP) is 3.05. The zero-order chi connectivity index (χ0) is 44.1. The lowest BCUT2D eigenvalue weighted by atomic mass is 9.36. The molecule has 8 aliphatic rings. The van der Waals surface area contributed by atoms with E-state index in [1.54, 1.807) is 55.6 Å². The summed E-state index contributed by atoms with van der Waals surface area (Å²) in [6.45, 7) is 11.8. The second-order valence-corrected chi connectivity index (χ2v) is 17.3. The Morgan fingerprint density at radius 3 is 1.56 bits per heavy atom. The molecule has 0 aromatic heterocycles. The minimum Gasteiger partial charge on any atom is -0.461 e. The summed E-state index contributed by atoms with van der Waals surface area (Å²) in [5.41, 5.74) is -4.65. The van der Waals surface area contributed by atoms with Gasteiger partial charge in [0.15, 0.2) is 18.3 Å². The Labute approximate surface area is 351 Å². The second-order valence-electron chi connectivity index (χ2n) is 17.3. The minimum atomic E-state index is -1.83. The van der Waals surface area contributed by atoms with Crippen LogP contribution in [0.4, 0.5) is 0 Å². The molecule has 16 atom stereocenters. The van der Waals surface area contributed by atoms with Gasteiger partial charge in [-0.2, -0.15) is 0 Å². The summed E-state index contributed by atoms with van der Waals surface area (Å²) >= 11 is 0. The number of carbonyl (C=O) groups is 8. The zero-order valence-corrected chi connectivity index (χ0v) is 34.6. The molecule has 2 aliphatic heterocycles. The Hall–Kier alpha value is -5.90. The Kier molecular flexibility index (Phi) is 10.0. The molecule has 61 heavy (non-hydrogen) atoms. The molecule has 0 N–H and O–H groups in total. The van der Waals surface area contributed by atoms with E-state index in [-0.39, 0.29) is 16.7 Å². The lowest BCUT2D eigenvalue weighted by Crippen LogP contribution is -2.83. The Balaban J connectivity index is 1.48. The lowest BCUT2D eigenvalue weighted by molar-refractivity contribution is -0.321. The fourth-order valence-corrected chi connectivity index (χ4v) is 13.3. The first-order chi connectivity index (χ1) is 28.9. The van der Waals surface area contributed by atoms with E-state index in [1.165, 1.54) is 39.8 Å². The summed E-state index contributed by atoms with van der Waals surface area (Å²) in [5, 5.41) is 0. The maximum atomic E-state index is 14.2. The highest BCUT2D eigenvalue weighted by atomic mass is 16.6. The highest BCUT2D eigenvalue weighted by molar-refractivity contribution is 5.90. The zero-order valence-electron chi connectivity index (χ0n) is 34.6. The van der Waals surface area contributed by atoms with Crippen molar-refractivity contribution in [3.8, 4) is 0 Å². The summed E-state index contributed by atoms with van der Waals surface area (Å²) in [4.78, 5) is 111. The highest BCUT2D eigenvalue weighted by Gasteiger charge is 2.97. The number of benzene rings is 2. The summed E-state index contributed by atoms with van der Waals surface area (Å²) < 4.78 is 44.3. The molecule has 16 heteroatoms. The monoisotopic (exact) mass is 841 g/mol. The third-order valence-electron chi connectivity index (χ3n) is 14.3. The Morgan fingerprint density at radius 1 is 0.590 bits per heavy atom. The molecule has 2 saturated heterocycles. The van der Waals surface area contributed by atoms with Gasteiger partial charge in [0.25, 0.3) is 0 Å². The van der Waals surface area contributed by atoms with Gasteiger partial charge in [0.2, 0.25) is 0 Å². The van der Waals surface area contributed by atoms with Crippen LogP contribution in [-0.4, -0.2) is 115 Å². The quantitative estimate of drug-likeness (QED) is 0.146. The summed E-state index contributed by atoms with van der Waals surface area (Å²) in [5.74, 6) is -9.91. The van der Waals surface area contributed by atoms with Crippen molar-refractivity contribution in [2.45, 2.75) is 96.4 Å². The molecular formula is C45H47NO15. The first kappa shape index (κ1) is 41.8. The van der Waals surface area contributed by atoms with Crippen molar-refractivity contribution in [2.75, 3.05) is 7.05 Å². The van der Waals surface area contributed by atoms with E-state index in [2.05, 4.69) is 6.58 Å². The molecular weight excluding hydrogens is 794 g/mol. The van der Waals surface area contributed by atoms with E-state index in [0.717, 1.165) is 13.8 Å². The van der Waals surface area contributed by atoms with Gasteiger partial charge >= 0.3 is 41.8 Å². The number of rotatable bonds is 10. The highest BCUT2D eigenvalue weighted by Crippen LogP contribution is 2.86. The second kappa shape index (κ2) is 14.6. The van der Waals surface area contributed by atoms with Crippen molar-refractivity contribution in [1.82, 2.24) is 4.90 Å². The molecule has 0 amide bonds. The number of piperidine rings is 1. The predicted molar refractivity (Wildman–Crippen MR) is 207 cm³/mol. The van der Waals surface area contributed by atoms with Gasteiger partial charge in [-0.3, -0.25) is 28.9 Å². The van der Waals surface area contributed by atoms with Gasteiger partial charge < -0.3 is 38.0 Å². The van der Waals surface area contributed by atoms with E-state index in [4.69, 9.17) is 33.2 Å². The largest absolute Gasteiger partial charge is 0.461 e. The number of esters is 7. The molecule has 16 nitrogen and oxygen atoms in total. The fourth-order valence-electron chi connectivity index (χ4n) is 13.3. The fraction of sp³-hybridized carbons (Fsp3) is 0.511. The molecule has 8 fully saturated rings. The van der Waals surface area contributed by atoms with Crippen molar-refractivity contribution in [3.63, 3.8) is 0 Å². The molecule has 10 rings (SSSR count). The molecule has 0 radical (unpaired) electrons. The maximum Gasteiger partial charge on any atom is 0.338 e. The van der Waals surface area contributed by atoms with Crippen LogP contribution in [0, 0.1) is 39.9 Å². The van der Waals surface area contributed by atoms with Crippen molar-refractivity contribution < 1.29 is 71.5 Å². The van der Waals surface area contributed by atoms with Crippen molar-refractivity contribution in [3.05, 3.63) is 83.9 Å². The standard InChI is InChI=1S/C45H47NO15/c1-20-28-31(60-41(53)26-15-11-9-12-16-26)29-36-45-34(30(46(36)8)38(57-23(4)50)44(29,37(20)56-22(3)49)35(45)32(28)55-21(2)48)43(7,19-47)39(58-24(5)51)33(40(45)59-25(6)52)61-42(54)27-17-13-10-14-18-27/h9-19,28-40H,1H2,2-8H3/t28-,29?,30+,31+,32+,33-,34+,35?,36?,37-,38+,39-,40+,43-,44-,45-/m0/s1. The summed E-state index contributed by atoms with van der Waals surface area (Å²) in [6.07, 6.45) is -9.44. The average Bonchev–Trinajstić information content (AvgIpc) is 3.52. The number of nitrogens with zero attached hydrogens (tertiary/aromatic N) is 1. The third kappa shape index (κ3) is 5.66. The Bertz CT molecular complexity index is 2230. The van der Waals surface area contributed by atoms with Crippen LogP contribution in [0.5, 0.6) is 0 Å². The maximum absolute atomic E-state index is 14.2. The van der Waals surface area contributed by atoms with Crippen LogP contribution < -0.4 is 0 Å². The van der Waals surface area contributed by atoms with Gasteiger partial charge in [-0.15, -0.1) is 0 Å². The third-order valence-corrected chi connectivity index (χ3v) is 14.3. The van der Waals surface area contributed by atoms with E-state index >= 15 is 0 Å². The summed E-state index contributed by atoms with van der Waals surface area (Å²) in [6, 6.07) is 14.1. The van der Waals surface area contributed by atoms with Crippen LogP contribution in [0.2, 0.25) is 0 Å². The number of hydrogen-bond donors (Lipinski definition) is 0. The van der Waals surface area contributed by atoms with Gasteiger partial charge in [-0.05, 0) is 43.8 Å². The molecule has 2 aromatic rings. The molecule has 322 valence electrons. The topological polar surface area (TPSA) is 204 Å². The summed E-state index contributed by atoms with van der Waals surface area (Å²) in [7, 11) is 1.72. The first-order valence-electron chi connectivity index (χ1n) is 20.1. The van der Waals surface area contributed by atoms with Crippen LogP contribution in [0.1, 0.15) is 62.3 Å². The molecule has 7 bridgehead atoms. The van der Waals surface area contributed by atoms with Crippen LogP contribution >= 0.6 is 0 Å². The van der Waals surface area contributed by atoms with Crippen molar-refractivity contribution in [1.29, 1.82) is 0 Å². The molecule has 2 aromatic carbocycles. The number of hydrogen-bond acceptors (Lipinski definition) is 16. The molecule has 3 unspecified atom stereocenters. The van der Waals surface area contributed by atoms with E-state index in [1.807, 2.05) is 4.90 Å². The van der Waals surface area contributed by atoms with Crippen LogP contribution in [0.25, 0.3) is 0 Å². The van der Waals surface area contributed by atoms with Crippen LogP contribution in [0.3, 0.4) is 0 Å². The number of aldehydes is 1. The molecule has 2 spiro atoms. The number of fused-ring (bicyclic) bond motifs is 1. The average molecular weight is 842 g/mol. The van der Waals surface area contributed by atoms with E-state index in [9.17, 15) is 38.4 Å². The van der Waals surface area contributed by atoms with Crippen LogP contribution in [0.15, 0.2) is 72.8 Å². The van der Waals surface area contributed by atoms with Crippen LogP contribution in [-0.2, 0) is 61.9 Å². The minimum absolute atomic E-state index is 0.0932.